The molecular weight excluding hydrogens is 478 g/mol. The molecule has 0 saturated carbocycles. The first kappa shape index (κ1) is 23.6. The summed E-state index contributed by atoms with van der Waals surface area (Å²) < 4.78 is 29.5. The molecule has 36 heavy (non-hydrogen) atoms. The van der Waals surface area contributed by atoms with E-state index in [-0.39, 0.29) is 4.90 Å². The van der Waals surface area contributed by atoms with Crippen LogP contribution in [-0.4, -0.2) is 54.6 Å². The highest BCUT2D eigenvalue weighted by atomic mass is 32.2. The SMILES string of the molecule is Cc1nc(-c2ccnc(NCC(C)O)n2)c(-c2cnc3c(ccn3S(=O)(=O)c3ccccc3)c2)n1C. The molecule has 184 valence electrons. The van der Waals surface area contributed by atoms with Gasteiger partial charge in [-0.3, -0.25) is 0 Å². The number of fused-ring (bicyclic) bond motifs is 1. The number of hydrogen-bond donors (Lipinski definition) is 2. The number of aromatic nitrogens is 6. The Balaban J connectivity index is 1.58. The standard InChI is InChI=1S/C25H25N7O3S/c1-16(33)14-28-25-26-11-9-21(30-25)22-23(31(3)17(2)29-22)19-13-18-10-12-32(24(18)27-15-19)36(34,35)20-7-5-4-6-8-20/h4-13,15-16,33H,14H2,1-3H3,(H,26,28,30). The first-order chi connectivity index (χ1) is 17.3. The van der Waals surface area contributed by atoms with Crippen molar-refractivity contribution in [3.8, 4) is 22.6 Å². The molecule has 0 aliphatic rings. The van der Waals surface area contributed by atoms with Crippen molar-refractivity contribution in [2.75, 3.05) is 11.9 Å². The number of aliphatic hydroxyl groups is 1. The molecule has 0 aliphatic carbocycles. The average Bonchev–Trinajstić information content (AvgIpc) is 3.44. The van der Waals surface area contributed by atoms with Gasteiger partial charge in [-0.1, -0.05) is 18.2 Å². The number of nitrogens with zero attached hydrogens (tertiary/aromatic N) is 6. The summed E-state index contributed by atoms with van der Waals surface area (Å²) in [5.74, 6) is 1.17. The number of benzene rings is 1. The minimum Gasteiger partial charge on any atom is -0.392 e. The highest BCUT2D eigenvalue weighted by Gasteiger charge is 2.22. The van der Waals surface area contributed by atoms with E-state index in [9.17, 15) is 13.5 Å². The molecule has 5 rings (SSSR count). The first-order valence-corrected chi connectivity index (χ1v) is 12.8. The van der Waals surface area contributed by atoms with Gasteiger partial charge >= 0.3 is 0 Å². The van der Waals surface area contributed by atoms with E-state index in [0.29, 0.717) is 34.9 Å². The van der Waals surface area contributed by atoms with Gasteiger partial charge in [0.25, 0.3) is 10.0 Å². The maximum absolute atomic E-state index is 13.2. The molecule has 0 fully saturated rings. The molecule has 0 bridgehead atoms. The van der Waals surface area contributed by atoms with Crippen LogP contribution in [0.15, 0.2) is 72.0 Å². The molecule has 2 N–H and O–H groups in total. The van der Waals surface area contributed by atoms with E-state index in [0.717, 1.165) is 17.1 Å². The van der Waals surface area contributed by atoms with Crippen molar-refractivity contribution in [1.29, 1.82) is 0 Å². The number of pyridine rings is 1. The average molecular weight is 504 g/mol. The normalized spacial score (nSPS) is 12.7. The third kappa shape index (κ3) is 4.23. The minimum absolute atomic E-state index is 0.196. The number of imidazole rings is 1. The smallest absolute Gasteiger partial charge is 0.269 e. The molecule has 4 aromatic heterocycles. The largest absolute Gasteiger partial charge is 0.392 e. The quantitative estimate of drug-likeness (QED) is 0.346. The second kappa shape index (κ2) is 9.17. The molecule has 4 heterocycles. The number of aryl methyl sites for hydroxylation is 1. The molecule has 0 aliphatic heterocycles. The Morgan fingerprint density at radius 2 is 1.86 bits per heavy atom. The molecule has 1 unspecified atom stereocenters. The van der Waals surface area contributed by atoms with Crippen molar-refractivity contribution in [3.63, 3.8) is 0 Å². The van der Waals surface area contributed by atoms with Gasteiger partial charge in [0, 0.05) is 43.1 Å². The lowest BCUT2D eigenvalue weighted by Gasteiger charge is -2.10. The molecule has 0 saturated heterocycles. The van der Waals surface area contributed by atoms with Gasteiger partial charge in [0.15, 0.2) is 5.65 Å². The van der Waals surface area contributed by atoms with Crippen LogP contribution in [0, 0.1) is 6.92 Å². The Labute approximate surface area is 208 Å². The molecule has 11 heteroatoms. The van der Waals surface area contributed by atoms with Crippen LogP contribution >= 0.6 is 0 Å². The predicted molar refractivity (Wildman–Crippen MR) is 137 cm³/mol. The van der Waals surface area contributed by atoms with Gasteiger partial charge in [0.2, 0.25) is 5.95 Å². The van der Waals surface area contributed by atoms with Gasteiger partial charge in [0.1, 0.15) is 11.5 Å². The molecule has 10 nitrogen and oxygen atoms in total. The summed E-state index contributed by atoms with van der Waals surface area (Å²) in [5.41, 5.74) is 3.17. The van der Waals surface area contributed by atoms with Gasteiger partial charge in [0.05, 0.1) is 22.4 Å². The second-order valence-electron chi connectivity index (χ2n) is 8.48. The maximum atomic E-state index is 13.2. The molecule has 0 spiro atoms. The fourth-order valence-corrected chi connectivity index (χ4v) is 5.29. The highest BCUT2D eigenvalue weighted by Crippen LogP contribution is 2.33. The summed E-state index contributed by atoms with van der Waals surface area (Å²) in [4.78, 5) is 18.2. The molecule has 1 aromatic carbocycles. The monoisotopic (exact) mass is 503 g/mol. The van der Waals surface area contributed by atoms with Gasteiger partial charge in [-0.15, -0.1) is 0 Å². The Morgan fingerprint density at radius 3 is 2.61 bits per heavy atom. The van der Waals surface area contributed by atoms with Crippen LogP contribution in [0.3, 0.4) is 0 Å². The summed E-state index contributed by atoms with van der Waals surface area (Å²) in [5, 5.41) is 13.2. The van der Waals surface area contributed by atoms with E-state index in [2.05, 4.69) is 20.3 Å². The van der Waals surface area contributed by atoms with Gasteiger partial charge in [-0.05, 0) is 44.2 Å². The van der Waals surface area contributed by atoms with E-state index >= 15 is 0 Å². The van der Waals surface area contributed by atoms with Gasteiger partial charge < -0.3 is 15.0 Å². The van der Waals surface area contributed by atoms with Crippen LogP contribution in [0.4, 0.5) is 5.95 Å². The van der Waals surface area contributed by atoms with Crippen LogP contribution in [-0.2, 0) is 17.1 Å². The Bertz CT molecular complexity index is 1660. The highest BCUT2D eigenvalue weighted by molar-refractivity contribution is 7.90. The lowest BCUT2D eigenvalue weighted by Crippen LogP contribution is -2.16. The molecule has 0 radical (unpaired) electrons. The Hall–Kier alpha value is -4.09. The summed E-state index contributed by atoms with van der Waals surface area (Å²) in [6, 6.07) is 13.7. The number of rotatable bonds is 7. The molecular formula is C25H25N7O3S. The lowest BCUT2D eigenvalue weighted by molar-refractivity contribution is 0.208. The maximum Gasteiger partial charge on any atom is 0.269 e. The molecule has 5 aromatic rings. The zero-order valence-corrected chi connectivity index (χ0v) is 20.8. The van der Waals surface area contributed by atoms with Crippen LogP contribution in [0.1, 0.15) is 12.7 Å². The summed E-state index contributed by atoms with van der Waals surface area (Å²) in [6.45, 7) is 3.90. The van der Waals surface area contributed by atoms with E-state index in [4.69, 9.17) is 4.98 Å². The van der Waals surface area contributed by atoms with E-state index < -0.39 is 16.1 Å². The van der Waals surface area contributed by atoms with E-state index in [1.54, 1.807) is 61.8 Å². The fraction of sp³-hybridized carbons (Fsp3) is 0.200. The summed E-state index contributed by atoms with van der Waals surface area (Å²) >= 11 is 0. The Morgan fingerprint density at radius 1 is 1.08 bits per heavy atom. The lowest BCUT2D eigenvalue weighted by atomic mass is 10.1. The van der Waals surface area contributed by atoms with E-state index in [1.807, 2.05) is 24.6 Å². The van der Waals surface area contributed by atoms with Crippen molar-refractivity contribution in [3.05, 3.63) is 72.9 Å². The van der Waals surface area contributed by atoms with Crippen molar-refractivity contribution >= 4 is 27.0 Å². The number of hydrogen-bond acceptors (Lipinski definition) is 8. The summed E-state index contributed by atoms with van der Waals surface area (Å²) in [7, 11) is -1.87. The van der Waals surface area contributed by atoms with Crippen LogP contribution in [0.2, 0.25) is 0 Å². The van der Waals surface area contributed by atoms with Crippen molar-refractivity contribution in [2.24, 2.45) is 7.05 Å². The molecule has 0 amide bonds. The van der Waals surface area contributed by atoms with Crippen LogP contribution < -0.4 is 5.32 Å². The number of nitrogens with one attached hydrogen (secondary N) is 1. The first-order valence-electron chi connectivity index (χ1n) is 11.3. The number of anilines is 1. The van der Waals surface area contributed by atoms with Crippen molar-refractivity contribution in [2.45, 2.75) is 24.8 Å². The zero-order chi connectivity index (χ0) is 25.4. The summed E-state index contributed by atoms with van der Waals surface area (Å²) in [6.07, 6.45) is 4.26. The molecule has 1 atom stereocenters. The van der Waals surface area contributed by atoms with Crippen molar-refractivity contribution in [1.82, 2.24) is 28.5 Å². The fourth-order valence-electron chi connectivity index (χ4n) is 3.96. The second-order valence-corrected chi connectivity index (χ2v) is 10.3. The van der Waals surface area contributed by atoms with Crippen LogP contribution in [0.5, 0.6) is 0 Å². The number of aliphatic hydroxyl groups excluding tert-OH is 1. The third-order valence-corrected chi connectivity index (χ3v) is 7.52. The van der Waals surface area contributed by atoms with Crippen LogP contribution in [0.25, 0.3) is 33.7 Å². The zero-order valence-electron chi connectivity index (χ0n) is 20.0. The Kier molecular flexibility index (Phi) is 6.02. The van der Waals surface area contributed by atoms with Gasteiger partial charge in [-0.25, -0.2) is 32.3 Å². The van der Waals surface area contributed by atoms with E-state index in [1.165, 1.54) is 10.2 Å². The van der Waals surface area contributed by atoms with Crippen molar-refractivity contribution < 1.29 is 13.5 Å². The van der Waals surface area contributed by atoms with Gasteiger partial charge in [-0.2, -0.15) is 0 Å². The third-order valence-electron chi connectivity index (χ3n) is 5.84. The topological polar surface area (TPSA) is 128 Å². The minimum atomic E-state index is -3.78. The predicted octanol–water partition coefficient (Wildman–Crippen LogP) is 3.23.